The Bertz CT molecular complexity index is 815. The summed E-state index contributed by atoms with van der Waals surface area (Å²) in [7, 11) is -3.42. The molecule has 0 aliphatic carbocycles. The van der Waals surface area contributed by atoms with Crippen LogP contribution in [-0.4, -0.2) is 38.0 Å². The molecule has 2 heterocycles. The molecule has 0 N–H and O–H groups in total. The third kappa shape index (κ3) is 3.68. The summed E-state index contributed by atoms with van der Waals surface area (Å²) in [6, 6.07) is 11.2. The Kier molecular flexibility index (Phi) is 4.73. The minimum Gasteiger partial charge on any atom is -0.468 e. The number of nitrogens with zero attached hydrogens (tertiary/aromatic N) is 2. The molecule has 0 unspecified atom stereocenters. The Morgan fingerprint density at radius 3 is 2.75 bits per heavy atom. The number of hydrogen-bond donors (Lipinski definition) is 0. The zero-order valence-corrected chi connectivity index (χ0v) is 14.3. The molecule has 0 saturated carbocycles. The molecule has 1 aliphatic heterocycles. The van der Waals surface area contributed by atoms with Gasteiger partial charge in [-0.2, -0.15) is 4.31 Å². The predicted molar refractivity (Wildman–Crippen MR) is 91.1 cm³/mol. The molecular weight excluding hydrogens is 328 g/mol. The van der Waals surface area contributed by atoms with Gasteiger partial charge in [0.25, 0.3) is 0 Å². The number of benzene rings is 1. The van der Waals surface area contributed by atoms with Crippen molar-refractivity contribution in [3.05, 3.63) is 54.0 Å². The van der Waals surface area contributed by atoms with E-state index >= 15 is 0 Å². The van der Waals surface area contributed by atoms with E-state index in [9.17, 15) is 13.2 Å². The molecule has 0 fully saturated rings. The molecule has 7 heteroatoms. The summed E-state index contributed by atoms with van der Waals surface area (Å²) in [4.78, 5) is 14.3. The third-order valence-corrected chi connectivity index (χ3v) is 5.39. The highest BCUT2D eigenvalue weighted by atomic mass is 32.2. The fourth-order valence-corrected chi connectivity index (χ4v) is 3.68. The van der Waals surface area contributed by atoms with Crippen molar-refractivity contribution in [1.29, 1.82) is 0 Å². The van der Waals surface area contributed by atoms with Crippen molar-refractivity contribution in [3.63, 3.8) is 0 Å². The summed E-state index contributed by atoms with van der Waals surface area (Å²) < 4.78 is 30.4. The summed E-state index contributed by atoms with van der Waals surface area (Å²) in [5, 5.41) is 0. The third-order valence-electron chi connectivity index (χ3n) is 4.14. The molecule has 6 nitrogen and oxygen atoms in total. The zero-order chi connectivity index (χ0) is 17.2. The smallest absolute Gasteiger partial charge is 0.228 e. The van der Waals surface area contributed by atoms with E-state index < -0.39 is 10.0 Å². The first kappa shape index (κ1) is 16.7. The number of furan rings is 1. The molecule has 0 atom stereocenters. The van der Waals surface area contributed by atoms with Gasteiger partial charge in [0.05, 0.1) is 19.1 Å². The van der Waals surface area contributed by atoms with Crippen molar-refractivity contribution < 1.29 is 17.6 Å². The van der Waals surface area contributed by atoms with Gasteiger partial charge in [-0.25, -0.2) is 8.42 Å². The molecular formula is C17H20N2O4S. The first-order valence-electron chi connectivity index (χ1n) is 7.81. The van der Waals surface area contributed by atoms with Crippen LogP contribution in [0.2, 0.25) is 0 Å². The molecule has 1 aromatic carbocycles. The number of rotatable bonds is 6. The standard InChI is InChI=1S/C17H20N2O4S/c1-24(21,22)18(13-15-6-4-12-23-15)10-9-17(20)19-11-8-14-5-2-3-7-16(14)19/h2-7,12H,8-11,13H2,1H3. The second-order valence-corrected chi connectivity index (χ2v) is 7.83. The van der Waals surface area contributed by atoms with Gasteiger partial charge < -0.3 is 9.32 Å². The quantitative estimate of drug-likeness (QED) is 0.801. The van der Waals surface area contributed by atoms with E-state index in [0.29, 0.717) is 12.3 Å². The Labute approximate surface area is 141 Å². The number of sulfonamides is 1. The molecule has 128 valence electrons. The van der Waals surface area contributed by atoms with E-state index in [1.807, 2.05) is 24.3 Å². The first-order chi connectivity index (χ1) is 11.4. The fraction of sp³-hybridized carbons (Fsp3) is 0.353. The fourth-order valence-electron chi connectivity index (χ4n) is 2.89. The van der Waals surface area contributed by atoms with Crippen molar-refractivity contribution in [2.75, 3.05) is 24.2 Å². The molecule has 0 spiro atoms. The summed E-state index contributed by atoms with van der Waals surface area (Å²) in [6.07, 6.45) is 3.62. The van der Waals surface area contributed by atoms with Crippen LogP contribution in [0.15, 0.2) is 47.1 Å². The second-order valence-electron chi connectivity index (χ2n) is 5.85. The Morgan fingerprint density at radius 2 is 2.04 bits per heavy atom. The molecule has 0 bridgehead atoms. The van der Waals surface area contributed by atoms with Crippen LogP contribution in [-0.2, 0) is 27.8 Å². The van der Waals surface area contributed by atoms with Crippen LogP contribution >= 0.6 is 0 Å². The number of hydrogen-bond acceptors (Lipinski definition) is 4. The molecule has 0 radical (unpaired) electrons. The normalized spacial score (nSPS) is 14.2. The molecule has 1 aliphatic rings. The minimum absolute atomic E-state index is 0.0620. The summed E-state index contributed by atoms with van der Waals surface area (Å²) in [5.74, 6) is 0.493. The van der Waals surface area contributed by atoms with Crippen molar-refractivity contribution >= 4 is 21.6 Å². The Morgan fingerprint density at radius 1 is 1.25 bits per heavy atom. The van der Waals surface area contributed by atoms with Crippen LogP contribution in [0, 0.1) is 0 Å². The zero-order valence-electron chi connectivity index (χ0n) is 13.5. The Hall–Kier alpha value is -2.12. The maximum absolute atomic E-state index is 12.5. The largest absolute Gasteiger partial charge is 0.468 e. The monoisotopic (exact) mass is 348 g/mol. The first-order valence-corrected chi connectivity index (χ1v) is 9.66. The maximum atomic E-state index is 12.5. The number of carbonyl (C=O) groups is 1. The highest BCUT2D eigenvalue weighted by Crippen LogP contribution is 2.28. The summed E-state index contributed by atoms with van der Waals surface area (Å²) in [6.45, 7) is 0.919. The SMILES string of the molecule is CS(=O)(=O)N(CCC(=O)N1CCc2ccccc21)Cc1ccco1. The highest BCUT2D eigenvalue weighted by Gasteiger charge is 2.26. The van der Waals surface area contributed by atoms with Crippen molar-refractivity contribution in [3.8, 4) is 0 Å². The number of carbonyl (C=O) groups excluding carboxylic acids is 1. The van der Waals surface area contributed by atoms with Gasteiger partial charge >= 0.3 is 0 Å². The predicted octanol–water partition coefficient (Wildman–Crippen LogP) is 2.02. The van der Waals surface area contributed by atoms with Gasteiger partial charge in [-0.3, -0.25) is 4.79 Å². The molecule has 0 saturated heterocycles. The lowest BCUT2D eigenvalue weighted by Crippen LogP contribution is -2.35. The van der Waals surface area contributed by atoms with E-state index in [-0.39, 0.29) is 25.4 Å². The van der Waals surface area contributed by atoms with E-state index in [0.717, 1.165) is 23.9 Å². The van der Waals surface area contributed by atoms with Gasteiger partial charge in [0, 0.05) is 25.2 Å². The van der Waals surface area contributed by atoms with Crippen molar-refractivity contribution in [1.82, 2.24) is 4.31 Å². The molecule has 3 rings (SSSR count). The van der Waals surface area contributed by atoms with Crippen LogP contribution in [0.4, 0.5) is 5.69 Å². The summed E-state index contributed by atoms with van der Waals surface area (Å²) in [5.41, 5.74) is 2.08. The van der Waals surface area contributed by atoms with E-state index in [1.165, 1.54) is 10.6 Å². The van der Waals surface area contributed by atoms with Gasteiger partial charge in [0.2, 0.25) is 15.9 Å². The van der Waals surface area contributed by atoms with Crippen LogP contribution < -0.4 is 4.90 Å². The summed E-state index contributed by atoms with van der Waals surface area (Å²) >= 11 is 0. The lowest BCUT2D eigenvalue weighted by molar-refractivity contribution is -0.118. The average Bonchev–Trinajstić information content (AvgIpc) is 3.19. The molecule has 2 aromatic rings. The Balaban J connectivity index is 1.66. The van der Waals surface area contributed by atoms with Gasteiger partial charge in [-0.05, 0) is 30.2 Å². The van der Waals surface area contributed by atoms with Crippen LogP contribution in [0.1, 0.15) is 17.7 Å². The molecule has 1 amide bonds. The van der Waals surface area contributed by atoms with Crippen molar-refractivity contribution in [2.24, 2.45) is 0 Å². The lowest BCUT2D eigenvalue weighted by Gasteiger charge is -2.21. The number of anilines is 1. The number of amides is 1. The molecule has 24 heavy (non-hydrogen) atoms. The van der Waals surface area contributed by atoms with Gasteiger partial charge in [-0.15, -0.1) is 0 Å². The lowest BCUT2D eigenvalue weighted by atomic mass is 10.2. The maximum Gasteiger partial charge on any atom is 0.228 e. The van der Waals surface area contributed by atoms with Crippen LogP contribution in [0.5, 0.6) is 0 Å². The number of fused-ring (bicyclic) bond motifs is 1. The number of para-hydroxylation sites is 1. The topological polar surface area (TPSA) is 70.8 Å². The van der Waals surface area contributed by atoms with Gasteiger partial charge in [0.1, 0.15) is 5.76 Å². The van der Waals surface area contributed by atoms with Gasteiger partial charge in [-0.1, -0.05) is 18.2 Å². The highest BCUT2D eigenvalue weighted by molar-refractivity contribution is 7.88. The van der Waals surface area contributed by atoms with E-state index in [2.05, 4.69) is 0 Å². The van der Waals surface area contributed by atoms with E-state index in [4.69, 9.17) is 4.42 Å². The minimum atomic E-state index is -3.42. The van der Waals surface area contributed by atoms with E-state index in [1.54, 1.807) is 17.0 Å². The van der Waals surface area contributed by atoms with Crippen LogP contribution in [0.3, 0.4) is 0 Å². The van der Waals surface area contributed by atoms with Crippen LogP contribution in [0.25, 0.3) is 0 Å². The van der Waals surface area contributed by atoms with Gasteiger partial charge in [0.15, 0.2) is 0 Å². The average molecular weight is 348 g/mol. The second kappa shape index (κ2) is 6.78. The molecule has 1 aromatic heterocycles. The van der Waals surface area contributed by atoms with Crippen molar-refractivity contribution in [2.45, 2.75) is 19.4 Å².